The van der Waals surface area contributed by atoms with Gasteiger partial charge in [0.25, 0.3) is 0 Å². The fourth-order valence-corrected chi connectivity index (χ4v) is 1.53. The first kappa shape index (κ1) is 22.4. The summed E-state index contributed by atoms with van der Waals surface area (Å²) in [6.45, 7) is 13.0. The standard InChI is InChI=1S/C17H24O8/c1-5-15(18)24-11-17(9-22-13-20-7-3,10-23-14-21-8-4)12-25-16(19)6-2/h5-8H,1-4,9-14H2. The molecule has 8 nitrogen and oxygen atoms in total. The Kier molecular flexibility index (Phi) is 12.4. The van der Waals surface area contributed by atoms with E-state index in [9.17, 15) is 9.59 Å². The van der Waals surface area contributed by atoms with Crippen LogP contribution in [-0.2, 0) is 38.0 Å². The fourth-order valence-electron chi connectivity index (χ4n) is 1.53. The van der Waals surface area contributed by atoms with Gasteiger partial charge in [0.1, 0.15) is 13.2 Å². The van der Waals surface area contributed by atoms with Crippen LogP contribution in [0.1, 0.15) is 0 Å². The lowest BCUT2D eigenvalue weighted by atomic mass is 9.92. The van der Waals surface area contributed by atoms with Gasteiger partial charge >= 0.3 is 11.9 Å². The van der Waals surface area contributed by atoms with E-state index in [-0.39, 0.29) is 40.0 Å². The molecule has 0 aliphatic rings. The van der Waals surface area contributed by atoms with Gasteiger partial charge in [0, 0.05) is 12.2 Å². The molecule has 0 heterocycles. The summed E-state index contributed by atoms with van der Waals surface area (Å²) >= 11 is 0. The average molecular weight is 356 g/mol. The number of carbonyl (C=O) groups excluding carboxylic acids is 2. The first-order valence-corrected chi connectivity index (χ1v) is 7.22. The molecule has 0 radical (unpaired) electrons. The lowest BCUT2D eigenvalue weighted by molar-refractivity contribution is -0.165. The van der Waals surface area contributed by atoms with Crippen LogP contribution in [0.2, 0.25) is 0 Å². The summed E-state index contributed by atoms with van der Waals surface area (Å²) < 4.78 is 30.6. The molecule has 0 saturated heterocycles. The highest BCUT2D eigenvalue weighted by molar-refractivity contribution is 5.81. The Bertz CT molecular complexity index is 416. The van der Waals surface area contributed by atoms with E-state index in [1.807, 2.05) is 0 Å². The van der Waals surface area contributed by atoms with Crippen molar-refractivity contribution in [1.82, 2.24) is 0 Å². The SMILES string of the molecule is C=COCOCC(COCOC=C)(COC(=O)C=C)COC(=O)C=C. The van der Waals surface area contributed by atoms with Gasteiger partial charge in [0.15, 0.2) is 13.6 Å². The van der Waals surface area contributed by atoms with Crippen molar-refractivity contribution >= 4 is 11.9 Å². The molecule has 0 spiro atoms. The summed E-state index contributed by atoms with van der Waals surface area (Å²) in [5, 5.41) is 0. The van der Waals surface area contributed by atoms with E-state index in [2.05, 4.69) is 26.3 Å². The third-order valence-corrected chi connectivity index (χ3v) is 2.73. The zero-order valence-corrected chi connectivity index (χ0v) is 14.1. The van der Waals surface area contributed by atoms with Gasteiger partial charge < -0.3 is 28.4 Å². The molecule has 0 fully saturated rings. The van der Waals surface area contributed by atoms with Gasteiger partial charge in [-0.15, -0.1) is 0 Å². The minimum atomic E-state index is -0.994. The zero-order valence-electron chi connectivity index (χ0n) is 14.1. The Hall–Kier alpha value is -2.58. The molecule has 0 unspecified atom stereocenters. The quantitative estimate of drug-likeness (QED) is 0.136. The highest BCUT2D eigenvalue weighted by Crippen LogP contribution is 2.21. The minimum Gasteiger partial charge on any atom is -0.476 e. The van der Waals surface area contributed by atoms with Crippen molar-refractivity contribution in [1.29, 1.82) is 0 Å². The second kappa shape index (κ2) is 13.8. The first-order valence-electron chi connectivity index (χ1n) is 7.22. The third-order valence-electron chi connectivity index (χ3n) is 2.73. The second-order valence-corrected chi connectivity index (χ2v) is 4.72. The number of esters is 2. The number of carbonyl (C=O) groups is 2. The van der Waals surface area contributed by atoms with Gasteiger partial charge in [0.05, 0.1) is 31.2 Å². The molecule has 0 N–H and O–H groups in total. The van der Waals surface area contributed by atoms with Crippen molar-refractivity contribution in [3.05, 3.63) is 51.0 Å². The van der Waals surface area contributed by atoms with Crippen molar-refractivity contribution in [2.24, 2.45) is 5.41 Å². The zero-order chi connectivity index (χ0) is 19.0. The molecular formula is C17H24O8. The van der Waals surface area contributed by atoms with Crippen LogP contribution < -0.4 is 0 Å². The Balaban J connectivity index is 5.02. The second-order valence-electron chi connectivity index (χ2n) is 4.72. The summed E-state index contributed by atoms with van der Waals surface area (Å²) in [4.78, 5) is 22.8. The molecule has 0 aromatic heterocycles. The van der Waals surface area contributed by atoms with E-state index in [0.717, 1.165) is 12.2 Å². The van der Waals surface area contributed by atoms with Crippen LogP contribution in [0.15, 0.2) is 51.0 Å². The lowest BCUT2D eigenvalue weighted by Crippen LogP contribution is -2.43. The topological polar surface area (TPSA) is 89.5 Å². The van der Waals surface area contributed by atoms with Crippen molar-refractivity contribution in [2.75, 3.05) is 40.0 Å². The van der Waals surface area contributed by atoms with E-state index in [0.29, 0.717) is 0 Å². The van der Waals surface area contributed by atoms with Crippen LogP contribution in [0.25, 0.3) is 0 Å². The number of hydrogen-bond acceptors (Lipinski definition) is 8. The van der Waals surface area contributed by atoms with Crippen molar-refractivity contribution in [2.45, 2.75) is 0 Å². The maximum absolute atomic E-state index is 11.4. The summed E-state index contributed by atoms with van der Waals surface area (Å²) in [6, 6.07) is 0. The Labute approximate surface area is 147 Å². The number of ether oxygens (including phenoxy) is 6. The number of rotatable bonds is 16. The first-order chi connectivity index (χ1) is 12.0. The largest absolute Gasteiger partial charge is 0.476 e. The van der Waals surface area contributed by atoms with Gasteiger partial charge in [0.2, 0.25) is 0 Å². The van der Waals surface area contributed by atoms with Gasteiger partial charge in [-0.3, -0.25) is 0 Å². The average Bonchev–Trinajstić information content (AvgIpc) is 2.64. The highest BCUT2D eigenvalue weighted by Gasteiger charge is 2.35. The monoisotopic (exact) mass is 356 g/mol. The normalized spacial score (nSPS) is 10.2. The molecule has 0 bridgehead atoms. The summed E-state index contributed by atoms with van der Waals surface area (Å²) in [6.07, 6.45) is 4.46. The van der Waals surface area contributed by atoms with E-state index in [1.165, 1.54) is 12.5 Å². The van der Waals surface area contributed by atoms with E-state index >= 15 is 0 Å². The molecule has 0 aromatic carbocycles. The molecule has 0 amide bonds. The molecule has 0 rings (SSSR count). The Morgan fingerprint density at radius 3 is 1.44 bits per heavy atom. The van der Waals surface area contributed by atoms with Crippen molar-refractivity contribution in [3.8, 4) is 0 Å². The molecule has 140 valence electrons. The van der Waals surface area contributed by atoms with E-state index in [4.69, 9.17) is 28.4 Å². The summed E-state index contributed by atoms with van der Waals surface area (Å²) in [7, 11) is 0. The van der Waals surface area contributed by atoms with Crippen LogP contribution in [0.4, 0.5) is 0 Å². The molecule has 25 heavy (non-hydrogen) atoms. The minimum absolute atomic E-state index is 0.00375. The smallest absolute Gasteiger partial charge is 0.330 e. The molecule has 0 aromatic rings. The maximum atomic E-state index is 11.4. The number of hydrogen-bond donors (Lipinski definition) is 0. The maximum Gasteiger partial charge on any atom is 0.330 e. The van der Waals surface area contributed by atoms with Gasteiger partial charge in [-0.25, -0.2) is 9.59 Å². The van der Waals surface area contributed by atoms with Gasteiger partial charge in [-0.1, -0.05) is 26.3 Å². The van der Waals surface area contributed by atoms with Gasteiger partial charge in [-0.2, -0.15) is 0 Å². The Morgan fingerprint density at radius 1 is 0.720 bits per heavy atom. The summed E-state index contributed by atoms with van der Waals surface area (Å²) in [5.41, 5.74) is -0.994. The molecular weight excluding hydrogens is 332 g/mol. The lowest BCUT2D eigenvalue weighted by Gasteiger charge is -2.31. The third kappa shape index (κ3) is 10.7. The van der Waals surface area contributed by atoms with Crippen LogP contribution in [0, 0.1) is 5.41 Å². The van der Waals surface area contributed by atoms with E-state index in [1.54, 1.807) is 0 Å². The van der Waals surface area contributed by atoms with E-state index < -0.39 is 17.4 Å². The highest BCUT2D eigenvalue weighted by atomic mass is 16.7. The van der Waals surface area contributed by atoms with Crippen LogP contribution in [0.3, 0.4) is 0 Å². The van der Waals surface area contributed by atoms with Crippen LogP contribution in [-0.4, -0.2) is 52.0 Å². The fraction of sp³-hybridized carbons (Fsp3) is 0.412. The molecule has 0 aliphatic heterocycles. The Morgan fingerprint density at radius 2 is 1.12 bits per heavy atom. The van der Waals surface area contributed by atoms with Crippen molar-refractivity contribution < 1.29 is 38.0 Å². The van der Waals surface area contributed by atoms with Gasteiger partial charge in [-0.05, 0) is 0 Å². The van der Waals surface area contributed by atoms with Crippen LogP contribution >= 0.6 is 0 Å². The van der Waals surface area contributed by atoms with Crippen molar-refractivity contribution in [3.63, 3.8) is 0 Å². The molecule has 8 heteroatoms. The molecule has 0 atom stereocenters. The summed E-state index contributed by atoms with van der Waals surface area (Å²) in [5.74, 6) is -1.27. The molecule has 0 saturated carbocycles. The predicted octanol–water partition coefficient (Wildman–Crippen LogP) is 1.70. The predicted molar refractivity (Wildman–Crippen MR) is 88.9 cm³/mol. The molecule has 0 aliphatic carbocycles. The van der Waals surface area contributed by atoms with Crippen LogP contribution in [0.5, 0.6) is 0 Å².